The van der Waals surface area contributed by atoms with Gasteiger partial charge in [-0.15, -0.1) is 11.3 Å². The summed E-state index contributed by atoms with van der Waals surface area (Å²) in [6, 6.07) is 12.0. The van der Waals surface area contributed by atoms with E-state index in [2.05, 4.69) is 28.7 Å². The molecule has 0 radical (unpaired) electrons. The van der Waals surface area contributed by atoms with Crippen LogP contribution in [-0.4, -0.2) is 33.0 Å². The van der Waals surface area contributed by atoms with E-state index in [0.717, 1.165) is 22.9 Å². The molecule has 5 nitrogen and oxygen atoms in total. The summed E-state index contributed by atoms with van der Waals surface area (Å²) in [5, 5.41) is 2.71. The van der Waals surface area contributed by atoms with Crippen LogP contribution in [0.3, 0.4) is 0 Å². The molecule has 0 saturated carbocycles. The SMILES string of the molecule is CC(C)Oc1ccc(-c2nc(C(=O)N3CCn4cccc4C3C)cs2)cc1. The van der Waals surface area contributed by atoms with Gasteiger partial charge in [0.1, 0.15) is 16.5 Å². The number of hydrogen-bond acceptors (Lipinski definition) is 4. The van der Waals surface area contributed by atoms with E-state index in [4.69, 9.17) is 4.74 Å². The molecule has 0 fully saturated rings. The first-order chi connectivity index (χ1) is 13.0. The number of ether oxygens (including phenoxy) is 1. The van der Waals surface area contributed by atoms with Crippen molar-refractivity contribution < 1.29 is 9.53 Å². The number of thiazole rings is 1. The van der Waals surface area contributed by atoms with Crippen LogP contribution in [0.1, 0.15) is 43.0 Å². The molecule has 1 unspecified atom stereocenters. The summed E-state index contributed by atoms with van der Waals surface area (Å²) >= 11 is 1.50. The van der Waals surface area contributed by atoms with E-state index in [1.165, 1.54) is 17.0 Å². The topological polar surface area (TPSA) is 47.4 Å². The van der Waals surface area contributed by atoms with Gasteiger partial charge < -0.3 is 14.2 Å². The maximum Gasteiger partial charge on any atom is 0.273 e. The summed E-state index contributed by atoms with van der Waals surface area (Å²) in [7, 11) is 0. The van der Waals surface area contributed by atoms with Crippen LogP contribution in [0.4, 0.5) is 0 Å². The van der Waals surface area contributed by atoms with Gasteiger partial charge in [-0.25, -0.2) is 4.98 Å². The summed E-state index contributed by atoms with van der Waals surface area (Å²) < 4.78 is 7.89. The summed E-state index contributed by atoms with van der Waals surface area (Å²) in [6.07, 6.45) is 2.22. The highest BCUT2D eigenvalue weighted by molar-refractivity contribution is 7.13. The number of carbonyl (C=O) groups excluding carboxylic acids is 1. The van der Waals surface area contributed by atoms with Gasteiger partial charge in [-0.05, 0) is 57.2 Å². The molecule has 0 aliphatic carbocycles. The highest BCUT2D eigenvalue weighted by Gasteiger charge is 2.29. The fraction of sp³-hybridized carbons (Fsp3) is 0.333. The van der Waals surface area contributed by atoms with Crippen molar-refractivity contribution in [2.45, 2.75) is 39.5 Å². The Balaban J connectivity index is 1.51. The number of hydrogen-bond donors (Lipinski definition) is 0. The van der Waals surface area contributed by atoms with E-state index >= 15 is 0 Å². The van der Waals surface area contributed by atoms with Gasteiger partial charge in [0.2, 0.25) is 0 Å². The molecule has 0 bridgehead atoms. The Morgan fingerprint density at radius 3 is 2.74 bits per heavy atom. The highest BCUT2D eigenvalue weighted by Crippen LogP contribution is 2.30. The third-order valence-electron chi connectivity index (χ3n) is 4.80. The molecule has 27 heavy (non-hydrogen) atoms. The number of amides is 1. The first-order valence-electron chi connectivity index (χ1n) is 9.21. The van der Waals surface area contributed by atoms with Crippen molar-refractivity contribution in [1.29, 1.82) is 0 Å². The first kappa shape index (κ1) is 17.8. The van der Waals surface area contributed by atoms with Gasteiger partial charge in [0.15, 0.2) is 0 Å². The van der Waals surface area contributed by atoms with Crippen LogP contribution in [0.5, 0.6) is 5.75 Å². The van der Waals surface area contributed by atoms with Crippen LogP contribution in [0, 0.1) is 0 Å². The zero-order valence-electron chi connectivity index (χ0n) is 15.8. The fourth-order valence-electron chi connectivity index (χ4n) is 3.46. The maximum absolute atomic E-state index is 13.0. The zero-order valence-corrected chi connectivity index (χ0v) is 16.6. The minimum Gasteiger partial charge on any atom is -0.491 e. The second-order valence-corrected chi connectivity index (χ2v) is 7.89. The minimum atomic E-state index is -0.00258. The van der Waals surface area contributed by atoms with Crippen molar-refractivity contribution in [2.24, 2.45) is 0 Å². The average molecular weight is 382 g/mol. The van der Waals surface area contributed by atoms with Crippen LogP contribution < -0.4 is 4.74 Å². The van der Waals surface area contributed by atoms with Crippen molar-refractivity contribution >= 4 is 17.2 Å². The molecule has 1 aromatic carbocycles. The normalized spacial score (nSPS) is 16.4. The zero-order chi connectivity index (χ0) is 19.0. The molecule has 2 aromatic heterocycles. The monoisotopic (exact) mass is 381 g/mol. The Kier molecular flexibility index (Phi) is 4.74. The largest absolute Gasteiger partial charge is 0.491 e. The lowest BCUT2D eigenvalue weighted by Crippen LogP contribution is -2.40. The first-order valence-corrected chi connectivity index (χ1v) is 10.1. The van der Waals surface area contributed by atoms with Gasteiger partial charge in [0.05, 0.1) is 12.1 Å². The number of nitrogens with zero attached hydrogens (tertiary/aromatic N) is 3. The minimum absolute atomic E-state index is 0.00258. The molecule has 0 N–H and O–H groups in total. The van der Waals surface area contributed by atoms with Crippen LogP contribution in [0.25, 0.3) is 10.6 Å². The molecular formula is C21H23N3O2S. The molecule has 3 aromatic rings. The van der Waals surface area contributed by atoms with Crippen LogP contribution in [0.2, 0.25) is 0 Å². The number of fused-ring (bicyclic) bond motifs is 1. The Morgan fingerprint density at radius 1 is 1.22 bits per heavy atom. The number of benzene rings is 1. The van der Waals surface area contributed by atoms with Crippen molar-refractivity contribution in [3.63, 3.8) is 0 Å². The Labute approximate surface area is 163 Å². The highest BCUT2D eigenvalue weighted by atomic mass is 32.1. The summed E-state index contributed by atoms with van der Waals surface area (Å²) in [5.41, 5.74) is 2.69. The van der Waals surface area contributed by atoms with Crippen molar-refractivity contribution in [3.8, 4) is 16.3 Å². The molecule has 0 spiro atoms. The van der Waals surface area contributed by atoms with Crippen molar-refractivity contribution in [1.82, 2.24) is 14.5 Å². The second-order valence-electron chi connectivity index (χ2n) is 7.03. The second kappa shape index (κ2) is 7.19. The maximum atomic E-state index is 13.0. The lowest BCUT2D eigenvalue weighted by atomic mass is 10.1. The van der Waals surface area contributed by atoms with E-state index < -0.39 is 0 Å². The molecule has 140 valence electrons. The Hall–Kier alpha value is -2.60. The summed E-state index contributed by atoms with van der Waals surface area (Å²) in [4.78, 5) is 19.5. The predicted molar refractivity (Wildman–Crippen MR) is 107 cm³/mol. The van der Waals surface area contributed by atoms with Crippen molar-refractivity contribution in [3.05, 3.63) is 59.4 Å². The Morgan fingerprint density at radius 2 is 2.00 bits per heavy atom. The van der Waals surface area contributed by atoms with Gasteiger partial charge in [0.25, 0.3) is 5.91 Å². The fourth-order valence-corrected chi connectivity index (χ4v) is 4.26. The van der Waals surface area contributed by atoms with E-state index in [1.54, 1.807) is 0 Å². The molecule has 1 aliphatic heterocycles. The van der Waals surface area contributed by atoms with Crippen LogP contribution in [-0.2, 0) is 6.54 Å². The molecule has 4 rings (SSSR count). The molecule has 6 heteroatoms. The third-order valence-corrected chi connectivity index (χ3v) is 5.69. The smallest absolute Gasteiger partial charge is 0.273 e. The van der Waals surface area contributed by atoms with E-state index in [9.17, 15) is 4.79 Å². The Bertz CT molecular complexity index is 943. The summed E-state index contributed by atoms with van der Waals surface area (Å²) in [6.45, 7) is 7.61. The number of rotatable bonds is 4. The number of carbonyl (C=O) groups is 1. The average Bonchev–Trinajstić information content (AvgIpc) is 3.32. The van der Waals surface area contributed by atoms with E-state index in [0.29, 0.717) is 12.2 Å². The molecule has 1 atom stereocenters. The van der Waals surface area contributed by atoms with Gasteiger partial charge >= 0.3 is 0 Å². The van der Waals surface area contributed by atoms with Crippen LogP contribution >= 0.6 is 11.3 Å². The standard InChI is InChI=1S/C21H23N3O2S/c1-14(2)26-17-8-6-16(7-9-17)20-22-18(13-27-20)21(25)24-12-11-23-10-4-5-19(23)15(24)3/h4-10,13-15H,11-12H2,1-3H3. The quantitative estimate of drug-likeness (QED) is 0.663. The lowest BCUT2D eigenvalue weighted by molar-refractivity contribution is 0.0639. The van der Waals surface area contributed by atoms with Gasteiger partial charge in [-0.2, -0.15) is 0 Å². The van der Waals surface area contributed by atoms with Crippen LogP contribution in [0.15, 0.2) is 48.0 Å². The third kappa shape index (κ3) is 3.49. The summed E-state index contributed by atoms with van der Waals surface area (Å²) in [5.74, 6) is 0.837. The van der Waals surface area contributed by atoms with E-state index in [-0.39, 0.29) is 18.1 Å². The molecule has 3 heterocycles. The molecular weight excluding hydrogens is 358 g/mol. The lowest BCUT2D eigenvalue weighted by Gasteiger charge is -2.34. The van der Waals surface area contributed by atoms with Gasteiger partial charge in [0, 0.05) is 35.9 Å². The molecule has 0 saturated heterocycles. The molecule has 1 aliphatic rings. The van der Waals surface area contributed by atoms with Gasteiger partial charge in [-0.1, -0.05) is 0 Å². The van der Waals surface area contributed by atoms with E-state index in [1.807, 2.05) is 54.5 Å². The van der Waals surface area contributed by atoms with Gasteiger partial charge in [-0.3, -0.25) is 4.79 Å². The van der Waals surface area contributed by atoms with Crippen molar-refractivity contribution in [2.75, 3.05) is 6.54 Å². The predicted octanol–water partition coefficient (Wildman–Crippen LogP) is 4.62. The number of aromatic nitrogens is 2. The molecule has 1 amide bonds.